The summed E-state index contributed by atoms with van der Waals surface area (Å²) >= 11 is 0. The molecule has 1 aliphatic heterocycles. The minimum absolute atomic E-state index is 0.0619. The molecule has 31 heavy (non-hydrogen) atoms. The molecule has 4 aromatic rings. The maximum atomic E-state index is 14.5. The van der Waals surface area contributed by atoms with E-state index in [4.69, 9.17) is 0 Å². The molecule has 7 heteroatoms. The van der Waals surface area contributed by atoms with Gasteiger partial charge in [-0.2, -0.15) is 0 Å². The van der Waals surface area contributed by atoms with E-state index in [9.17, 15) is 22.7 Å². The van der Waals surface area contributed by atoms with Gasteiger partial charge in [-0.3, -0.25) is 4.79 Å². The van der Waals surface area contributed by atoms with Crippen LogP contribution in [0.25, 0.3) is 32.8 Å². The number of carboxylic acid groups (broad SMARTS) is 1. The molecule has 0 saturated carbocycles. The van der Waals surface area contributed by atoms with Crippen molar-refractivity contribution in [3.05, 3.63) is 66.1 Å². The molecule has 158 valence electrons. The summed E-state index contributed by atoms with van der Waals surface area (Å²) in [6.07, 6.45) is 1.62. The van der Waals surface area contributed by atoms with Gasteiger partial charge in [-0.15, -0.1) is 0 Å². The standard InChI is InChI=1S/C24H20FNO4S/c1-31(29,30)20-13-18(25)12-19-23(20)22(24-17(11-21(27)28)8-9-26(19)24)16-7-6-14-4-2-3-5-15(14)10-16/h2-7,10,12-13,17H,8-9,11H2,1H3,(H,27,28). The van der Waals surface area contributed by atoms with E-state index in [0.717, 1.165) is 34.4 Å². The molecule has 5 nitrogen and oxygen atoms in total. The van der Waals surface area contributed by atoms with E-state index in [1.807, 2.05) is 47.0 Å². The van der Waals surface area contributed by atoms with Gasteiger partial charge in [0.05, 0.1) is 16.8 Å². The Labute approximate surface area is 178 Å². The molecule has 2 heterocycles. The van der Waals surface area contributed by atoms with Crippen molar-refractivity contribution in [1.29, 1.82) is 0 Å². The highest BCUT2D eigenvalue weighted by Crippen LogP contribution is 2.47. The molecule has 1 unspecified atom stereocenters. The smallest absolute Gasteiger partial charge is 0.304 e. The third kappa shape index (κ3) is 3.20. The fourth-order valence-electron chi connectivity index (χ4n) is 4.85. The molecule has 0 amide bonds. The zero-order chi connectivity index (χ0) is 21.9. The minimum atomic E-state index is -3.72. The number of halogens is 1. The quantitative estimate of drug-likeness (QED) is 0.489. The lowest BCUT2D eigenvalue weighted by atomic mass is 9.91. The van der Waals surface area contributed by atoms with Crippen LogP contribution in [0.15, 0.2) is 59.5 Å². The zero-order valence-electron chi connectivity index (χ0n) is 16.8. The van der Waals surface area contributed by atoms with Gasteiger partial charge in [-0.05, 0) is 41.0 Å². The highest BCUT2D eigenvalue weighted by molar-refractivity contribution is 7.91. The number of rotatable bonds is 4. The van der Waals surface area contributed by atoms with Crippen molar-refractivity contribution in [1.82, 2.24) is 4.57 Å². The van der Waals surface area contributed by atoms with Gasteiger partial charge in [-0.1, -0.05) is 36.4 Å². The molecule has 0 aliphatic carbocycles. The fraction of sp³-hybridized carbons (Fsp3) is 0.208. The van der Waals surface area contributed by atoms with E-state index in [1.54, 1.807) is 0 Å². The maximum Gasteiger partial charge on any atom is 0.304 e. The SMILES string of the molecule is CS(=O)(=O)c1cc(F)cc2c1c(-c1ccc3ccccc3c1)c1n2CCC1CC(=O)O. The second-order valence-corrected chi connectivity index (χ2v) is 10.1. The van der Waals surface area contributed by atoms with Gasteiger partial charge >= 0.3 is 5.97 Å². The lowest BCUT2D eigenvalue weighted by Crippen LogP contribution is -2.04. The van der Waals surface area contributed by atoms with Gasteiger partial charge in [0.25, 0.3) is 0 Å². The van der Waals surface area contributed by atoms with Gasteiger partial charge < -0.3 is 9.67 Å². The molecule has 1 aromatic heterocycles. The number of nitrogens with zero attached hydrogens (tertiary/aromatic N) is 1. The number of aromatic nitrogens is 1. The van der Waals surface area contributed by atoms with Crippen molar-refractivity contribution < 1.29 is 22.7 Å². The summed E-state index contributed by atoms with van der Waals surface area (Å²) in [5.41, 5.74) is 2.74. The van der Waals surface area contributed by atoms with Crippen molar-refractivity contribution in [2.24, 2.45) is 0 Å². The molecular weight excluding hydrogens is 417 g/mol. The van der Waals surface area contributed by atoms with Crippen molar-refractivity contribution in [3.8, 4) is 11.1 Å². The van der Waals surface area contributed by atoms with Crippen molar-refractivity contribution >= 4 is 37.5 Å². The predicted molar refractivity (Wildman–Crippen MR) is 118 cm³/mol. The average molecular weight is 437 g/mol. The van der Waals surface area contributed by atoms with Crippen molar-refractivity contribution in [2.45, 2.75) is 30.2 Å². The average Bonchev–Trinajstić information content (AvgIpc) is 3.24. The van der Waals surface area contributed by atoms with E-state index in [2.05, 4.69) is 0 Å². The molecule has 0 saturated heterocycles. The summed E-state index contributed by atoms with van der Waals surface area (Å²) in [6, 6.07) is 16.1. The first-order chi connectivity index (χ1) is 14.7. The van der Waals surface area contributed by atoms with Crippen molar-refractivity contribution in [3.63, 3.8) is 0 Å². The number of hydrogen-bond donors (Lipinski definition) is 1. The molecule has 0 fully saturated rings. The van der Waals surface area contributed by atoms with Gasteiger partial charge in [0.1, 0.15) is 5.82 Å². The zero-order valence-corrected chi connectivity index (χ0v) is 17.6. The highest BCUT2D eigenvalue weighted by atomic mass is 32.2. The van der Waals surface area contributed by atoms with Crippen LogP contribution in [0.2, 0.25) is 0 Å². The van der Waals surface area contributed by atoms with E-state index < -0.39 is 21.6 Å². The molecule has 5 rings (SSSR count). The van der Waals surface area contributed by atoms with Gasteiger partial charge in [-0.25, -0.2) is 12.8 Å². The Morgan fingerprint density at radius 1 is 1.13 bits per heavy atom. The van der Waals surface area contributed by atoms with E-state index in [1.165, 1.54) is 6.07 Å². The molecule has 0 spiro atoms. The number of aliphatic carboxylic acids is 1. The Morgan fingerprint density at radius 3 is 2.58 bits per heavy atom. The summed E-state index contributed by atoms with van der Waals surface area (Å²) in [5, 5.41) is 11.9. The Morgan fingerprint density at radius 2 is 1.87 bits per heavy atom. The van der Waals surface area contributed by atoms with Crippen LogP contribution in [-0.4, -0.2) is 30.3 Å². The van der Waals surface area contributed by atoms with Crippen molar-refractivity contribution in [2.75, 3.05) is 6.26 Å². The lowest BCUT2D eigenvalue weighted by molar-refractivity contribution is -0.137. The van der Waals surface area contributed by atoms with Crippen LogP contribution in [0.3, 0.4) is 0 Å². The molecule has 1 N–H and O–H groups in total. The summed E-state index contributed by atoms with van der Waals surface area (Å²) in [6.45, 7) is 0.518. The number of carbonyl (C=O) groups is 1. The molecule has 1 atom stereocenters. The molecule has 3 aromatic carbocycles. The van der Waals surface area contributed by atoms with Gasteiger partial charge in [0, 0.05) is 35.4 Å². The molecule has 0 radical (unpaired) electrons. The topological polar surface area (TPSA) is 76.4 Å². The largest absolute Gasteiger partial charge is 0.481 e. The monoisotopic (exact) mass is 437 g/mol. The first kappa shape index (κ1) is 19.8. The highest BCUT2D eigenvalue weighted by Gasteiger charge is 2.34. The number of fused-ring (bicyclic) bond motifs is 4. The van der Waals surface area contributed by atoms with E-state index in [0.29, 0.717) is 29.4 Å². The summed E-state index contributed by atoms with van der Waals surface area (Å²) in [7, 11) is -3.72. The number of carboxylic acids is 1. The Bertz CT molecular complexity index is 1490. The van der Waals surface area contributed by atoms with Crippen LogP contribution < -0.4 is 0 Å². The summed E-state index contributed by atoms with van der Waals surface area (Å²) in [5.74, 6) is -1.82. The first-order valence-corrected chi connectivity index (χ1v) is 11.9. The summed E-state index contributed by atoms with van der Waals surface area (Å²) in [4.78, 5) is 11.5. The number of sulfone groups is 1. The number of hydrogen-bond acceptors (Lipinski definition) is 3. The molecule has 1 aliphatic rings. The molecule has 0 bridgehead atoms. The third-order valence-electron chi connectivity index (χ3n) is 6.08. The summed E-state index contributed by atoms with van der Waals surface area (Å²) < 4.78 is 41.6. The second-order valence-electron chi connectivity index (χ2n) is 8.13. The maximum absolute atomic E-state index is 14.5. The number of aryl methyl sites for hydroxylation is 1. The Hall–Kier alpha value is -3.19. The van der Waals surface area contributed by atoms with Gasteiger partial charge in [0.2, 0.25) is 0 Å². The Kier molecular flexibility index (Phi) is 4.41. The fourth-order valence-corrected chi connectivity index (χ4v) is 5.76. The van der Waals surface area contributed by atoms with Crippen LogP contribution >= 0.6 is 0 Å². The Balaban J connectivity index is 1.92. The van der Waals surface area contributed by atoms with E-state index in [-0.39, 0.29) is 17.2 Å². The van der Waals surface area contributed by atoms with Crippen LogP contribution in [0.4, 0.5) is 4.39 Å². The van der Waals surface area contributed by atoms with Crippen LogP contribution in [0, 0.1) is 5.82 Å². The van der Waals surface area contributed by atoms with E-state index >= 15 is 0 Å². The lowest BCUT2D eigenvalue weighted by Gasteiger charge is -2.13. The third-order valence-corrected chi connectivity index (χ3v) is 7.20. The number of benzene rings is 3. The van der Waals surface area contributed by atoms with Crippen LogP contribution in [-0.2, 0) is 21.2 Å². The van der Waals surface area contributed by atoms with Crippen LogP contribution in [0.1, 0.15) is 24.5 Å². The normalized spacial score (nSPS) is 16.1. The molecular formula is C24H20FNO4S. The second kappa shape index (κ2) is 6.92. The minimum Gasteiger partial charge on any atom is -0.481 e. The predicted octanol–water partition coefficient (Wildman–Crippen LogP) is 4.97. The first-order valence-electron chi connectivity index (χ1n) is 10.0. The van der Waals surface area contributed by atoms with Crippen LogP contribution in [0.5, 0.6) is 0 Å². The van der Waals surface area contributed by atoms with Gasteiger partial charge in [0.15, 0.2) is 9.84 Å².